The van der Waals surface area contributed by atoms with E-state index < -0.39 is 0 Å². The topological polar surface area (TPSA) is 29.2 Å². The molecule has 6 heteroatoms. The monoisotopic (exact) mass is 499 g/mol. The number of benzene rings is 2. The van der Waals surface area contributed by atoms with Crippen molar-refractivity contribution in [2.75, 3.05) is 26.2 Å². The summed E-state index contributed by atoms with van der Waals surface area (Å²) in [5, 5.41) is 5.38. The first-order valence-electron chi connectivity index (χ1n) is 13.9. The minimum Gasteiger partial charge on any atom is -0.297 e. The molecule has 5 aliphatic rings. The van der Waals surface area contributed by atoms with Crippen molar-refractivity contribution in [3.8, 4) is 5.69 Å². The van der Waals surface area contributed by atoms with Gasteiger partial charge in [0.05, 0.1) is 6.67 Å². The fourth-order valence-electron chi connectivity index (χ4n) is 8.16. The Kier molecular flexibility index (Phi) is 5.87. The first-order chi connectivity index (χ1) is 17.6. The van der Waals surface area contributed by atoms with E-state index in [1.54, 1.807) is 0 Å². The minimum absolute atomic E-state index is 0.206. The van der Waals surface area contributed by atoms with Gasteiger partial charge in [0.25, 0.3) is 0 Å². The lowest BCUT2D eigenvalue weighted by molar-refractivity contribution is -0.0106. The van der Waals surface area contributed by atoms with Gasteiger partial charge >= 0.3 is 0 Å². The fourth-order valence-corrected chi connectivity index (χ4v) is 8.45. The number of hydrogen-bond acceptors (Lipinski definition) is 4. The van der Waals surface area contributed by atoms with Crippen LogP contribution in [0.2, 0.25) is 0 Å². The van der Waals surface area contributed by atoms with Crippen LogP contribution in [-0.4, -0.2) is 50.3 Å². The molecule has 0 N–H and O–H groups in total. The van der Waals surface area contributed by atoms with Crippen LogP contribution in [0.5, 0.6) is 0 Å². The van der Waals surface area contributed by atoms with Crippen LogP contribution >= 0.6 is 12.2 Å². The molecule has 188 valence electrons. The van der Waals surface area contributed by atoms with Crippen LogP contribution in [0.1, 0.15) is 49.9 Å². The van der Waals surface area contributed by atoms with Crippen molar-refractivity contribution in [1.29, 1.82) is 0 Å². The van der Waals surface area contributed by atoms with Crippen molar-refractivity contribution < 1.29 is 0 Å². The van der Waals surface area contributed by atoms with Crippen molar-refractivity contribution in [3.05, 3.63) is 76.8 Å². The first kappa shape index (κ1) is 22.9. The molecule has 0 unspecified atom stereocenters. The van der Waals surface area contributed by atoms with Gasteiger partial charge in [0.1, 0.15) is 5.82 Å². The molecule has 1 aliphatic heterocycles. The average molecular weight is 500 g/mol. The molecular weight excluding hydrogens is 462 g/mol. The van der Waals surface area contributed by atoms with Gasteiger partial charge in [-0.1, -0.05) is 48.5 Å². The van der Waals surface area contributed by atoms with Crippen molar-refractivity contribution in [2.45, 2.75) is 57.2 Å². The number of para-hydroxylation sites is 1. The van der Waals surface area contributed by atoms with Crippen molar-refractivity contribution in [3.63, 3.8) is 0 Å². The fraction of sp³-hybridized carbons (Fsp3) is 0.533. The largest absolute Gasteiger partial charge is 0.297 e. The van der Waals surface area contributed by atoms with Gasteiger partial charge in [-0.05, 0) is 86.2 Å². The zero-order valence-corrected chi connectivity index (χ0v) is 22.0. The van der Waals surface area contributed by atoms with E-state index in [1.807, 2.05) is 0 Å². The van der Waals surface area contributed by atoms with Crippen LogP contribution in [0.4, 0.5) is 0 Å². The highest BCUT2D eigenvalue weighted by atomic mass is 32.1. The molecule has 0 amide bonds. The minimum atomic E-state index is 0.206. The molecule has 36 heavy (non-hydrogen) atoms. The first-order valence-corrected chi connectivity index (χ1v) is 14.3. The van der Waals surface area contributed by atoms with Gasteiger partial charge in [0, 0.05) is 43.8 Å². The van der Waals surface area contributed by atoms with Crippen molar-refractivity contribution in [1.82, 2.24) is 24.1 Å². The predicted molar refractivity (Wildman–Crippen MR) is 146 cm³/mol. The van der Waals surface area contributed by atoms with Crippen LogP contribution in [0, 0.1) is 22.5 Å². The standard InChI is InChI=1S/C30H37N5S/c36-29-34(22-33-13-11-32(12-14-33)21-23-7-3-1-4-8-23)31-28(35(29)27-9-5-2-6-10-27)30-18-24-15-25(19-30)17-26(16-24)20-30/h1-10,24-26H,11-22H2. The van der Waals surface area contributed by atoms with Gasteiger partial charge in [-0.15, -0.1) is 0 Å². The number of aromatic nitrogens is 3. The molecule has 5 nitrogen and oxygen atoms in total. The normalized spacial score (nSPS) is 30.2. The summed E-state index contributed by atoms with van der Waals surface area (Å²) in [6, 6.07) is 21.6. The number of rotatable bonds is 6. The SMILES string of the molecule is S=c1n(CN2CCN(Cc3ccccc3)CC2)nc(C23CC4CC(CC(C4)C2)C3)n1-c1ccccc1. The Morgan fingerprint density at radius 3 is 1.92 bits per heavy atom. The maximum absolute atomic E-state index is 6.15. The second-order valence-electron chi connectivity index (χ2n) is 12.0. The lowest BCUT2D eigenvalue weighted by Gasteiger charge is -2.56. The third-order valence-corrected chi connectivity index (χ3v) is 9.81. The van der Waals surface area contributed by atoms with Crippen LogP contribution in [0.3, 0.4) is 0 Å². The Balaban J connectivity index is 1.15. The third kappa shape index (κ3) is 4.17. The Morgan fingerprint density at radius 1 is 0.750 bits per heavy atom. The van der Waals surface area contributed by atoms with Crippen LogP contribution in [0.15, 0.2) is 60.7 Å². The Labute approximate surface area is 219 Å². The number of nitrogens with zero attached hydrogens (tertiary/aromatic N) is 5. The summed E-state index contributed by atoms with van der Waals surface area (Å²) in [6.45, 7) is 6.11. The molecular formula is C30H37N5S. The lowest BCUT2D eigenvalue weighted by atomic mass is 9.49. The third-order valence-electron chi connectivity index (χ3n) is 9.41. The van der Waals surface area contributed by atoms with Gasteiger partial charge in [0.15, 0.2) is 0 Å². The van der Waals surface area contributed by atoms with Crippen molar-refractivity contribution in [2.24, 2.45) is 17.8 Å². The summed E-state index contributed by atoms with van der Waals surface area (Å²) in [5.41, 5.74) is 2.78. The van der Waals surface area contributed by atoms with Crippen LogP contribution < -0.4 is 0 Å². The zero-order chi connectivity index (χ0) is 24.1. The molecule has 3 aromatic rings. The molecule has 4 bridgehead atoms. The Bertz CT molecular complexity index is 1220. The molecule has 1 aromatic heterocycles. The maximum Gasteiger partial charge on any atom is 0.203 e. The summed E-state index contributed by atoms with van der Waals surface area (Å²) in [6.07, 6.45) is 8.24. The van der Waals surface area contributed by atoms with Crippen LogP contribution in [-0.2, 0) is 18.6 Å². The van der Waals surface area contributed by atoms with Gasteiger partial charge in [-0.2, -0.15) is 5.10 Å². The van der Waals surface area contributed by atoms with Gasteiger partial charge in [0.2, 0.25) is 4.77 Å². The second kappa shape index (κ2) is 9.23. The predicted octanol–water partition coefficient (Wildman–Crippen LogP) is 5.65. The molecule has 1 saturated heterocycles. The van der Waals surface area contributed by atoms with E-state index in [1.165, 1.54) is 55.6 Å². The second-order valence-corrected chi connectivity index (χ2v) is 12.4. The van der Waals surface area contributed by atoms with E-state index >= 15 is 0 Å². The Morgan fingerprint density at radius 2 is 1.31 bits per heavy atom. The molecule has 4 saturated carbocycles. The smallest absolute Gasteiger partial charge is 0.203 e. The van der Waals surface area contributed by atoms with E-state index in [4.69, 9.17) is 17.3 Å². The molecule has 0 radical (unpaired) electrons. The van der Waals surface area contributed by atoms with E-state index in [0.29, 0.717) is 0 Å². The molecule has 4 aliphatic carbocycles. The lowest BCUT2D eigenvalue weighted by Crippen LogP contribution is -2.49. The molecule has 2 heterocycles. The number of hydrogen-bond donors (Lipinski definition) is 0. The maximum atomic E-state index is 6.15. The highest BCUT2D eigenvalue weighted by Gasteiger charge is 2.54. The highest BCUT2D eigenvalue weighted by molar-refractivity contribution is 7.71. The van der Waals surface area contributed by atoms with Crippen LogP contribution in [0.25, 0.3) is 5.69 Å². The van der Waals surface area contributed by atoms with Gasteiger partial charge in [-0.3, -0.25) is 14.4 Å². The summed E-state index contributed by atoms with van der Waals surface area (Å²) < 4.78 is 5.34. The molecule has 0 atom stereocenters. The summed E-state index contributed by atoms with van der Waals surface area (Å²) >= 11 is 6.15. The van der Waals surface area contributed by atoms with E-state index in [-0.39, 0.29) is 5.41 Å². The van der Waals surface area contributed by atoms with Crippen molar-refractivity contribution >= 4 is 12.2 Å². The summed E-state index contributed by atoms with van der Waals surface area (Å²) in [7, 11) is 0. The van der Waals surface area contributed by atoms with Gasteiger partial charge in [-0.25, -0.2) is 4.68 Å². The average Bonchev–Trinajstić information content (AvgIpc) is 3.22. The molecule has 8 rings (SSSR count). The summed E-state index contributed by atoms with van der Waals surface area (Å²) in [4.78, 5) is 5.09. The number of piperazine rings is 1. The van der Waals surface area contributed by atoms with E-state index in [9.17, 15) is 0 Å². The summed E-state index contributed by atoms with van der Waals surface area (Å²) in [5.74, 6) is 3.91. The Hall–Kier alpha value is -2.28. The quantitative estimate of drug-likeness (QED) is 0.410. The van der Waals surface area contributed by atoms with E-state index in [2.05, 4.69) is 79.7 Å². The van der Waals surface area contributed by atoms with E-state index in [0.717, 1.165) is 61.9 Å². The van der Waals surface area contributed by atoms with Gasteiger partial charge < -0.3 is 0 Å². The molecule has 0 spiro atoms. The molecule has 5 fully saturated rings. The highest BCUT2D eigenvalue weighted by Crippen LogP contribution is 2.60. The molecule has 2 aromatic carbocycles. The zero-order valence-electron chi connectivity index (χ0n) is 21.1.